The monoisotopic (exact) mass is 384 g/mol. The van der Waals surface area contributed by atoms with Crippen LogP contribution in [0.3, 0.4) is 0 Å². The number of carbonyl (C=O) groups is 1. The molecule has 0 aromatic heterocycles. The van der Waals surface area contributed by atoms with Crippen molar-refractivity contribution in [2.45, 2.75) is 64.5 Å². The molecule has 3 rings (SSSR count). The summed E-state index contributed by atoms with van der Waals surface area (Å²) < 4.78 is 44.1. The molecule has 1 aliphatic heterocycles. The van der Waals surface area contributed by atoms with Crippen molar-refractivity contribution in [1.82, 2.24) is 9.80 Å². The van der Waals surface area contributed by atoms with Gasteiger partial charge in [-0.05, 0) is 64.2 Å². The molecule has 1 unspecified atom stereocenters. The summed E-state index contributed by atoms with van der Waals surface area (Å²) in [4.78, 5) is 16.4. The second-order valence-corrected chi connectivity index (χ2v) is 8.45. The van der Waals surface area contributed by atoms with Crippen LogP contribution in [0.4, 0.5) is 18.0 Å². The van der Waals surface area contributed by atoms with Crippen LogP contribution in [0.2, 0.25) is 0 Å². The first-order chi connectivity index (χ1) is 12.5. The van der Waals surface area contributed by atoms with Crippen molar-refractivity contribution >= 4 is 6.09 Å². The van der Waals surface area contributed by atoms with Crippen LogP contribution in [0.5, 0.6) is 0 Å². The predicted octanol–water partition coefficient (Wildman–Crippen LogP) is 5.06. The van der Waals surface area contributed by atoms with E-state index in [0.717, 1.165) is 30.5 Å². The summed E-state index contributed by atoms with van der Waals surface area (Å²) in [7, 11) is 0. The summed E-state index contributed by atoms with van der Waals surface area (Å²) in [6.07, 6.45) is -2.72. The Balaban J connectivity index is 1.77. The molecule has 1 aromatic carbocycles. The van der Waals surface area contributed by atoms with Gasteiger partial charge in [-0.1, -0.05) is 12.1 Å². The molecule has 2 fully saturated rings. The van der Waals surface area contributed by atoms with Gasteiger partial charge in [0.05, 0.1) is 11.7 Å². The van der Waals surface area contributed by atoms with Crippen molar-refractivity contribution < 1.29 is 22.7 Å². The average Bonchev–Trinajstić information content (AvgIpc) is 3.29. The molecule has 0 N–H and O–H groups in total. The number of carbonyl (C=O) groups excluding carboxylic acids is 1. The average molecular weight is 384 g/mol. The highest BCUT2D eigenvalue weighted by atomic mass is 19.4. The Morgan fingerprint density at radius 3 is 2.19 bits per heavy atom. The molecule has 1 saturated carbocycles. The minimum absolute atomic E-state index is 0.0229. The minimum Gasteiger partial charge on any atom is -0.444 e. The SMILES string of the molecule is C[C@H]1N(C(=O)OC(C)(C)C)CCN1C(c1ccc(C(F)(F)F)cc1)C1CC1. The molecule has 1 saturated heterocycles. The second kappa shape index (κ2) is 7.00. The highest BCUT2D eigenvalue weighted by Crippen LogP contribution is 2.46. The lowest BCUT2D eigenvalue weighted by Crippen LogP contribution is -2.44. The molecule has 4 nitrogen and oxygen atoms in total. The number of hydrogen-bond donors (Lipinski definition) is 0. The third kappa shape index (κ3) is 4.57. The number of halogens is 3. The Morgan fingerprint density at radius 2 is 1.70 bits per heavy atom. The zero-order valence-electron chi connectivity index (χ0n) is 16.2. The fraction of sp³-hybridized carbons (Fsp3) is 0.650. The summed E-state index contributed by atoms with van der Waals surface area (Å²) in [6.45, 7) is 8.69. The number of ether oxygens (including phenoxy) is 1. The van der Waals surface area contributed by atoms with Crippen molar-refractivity contribution in [2.24, 2.45) is 5.92 Å². The molecular weight excluding hydrogens is 357 g/mol. The maximum Gasteiger partial charge on any atom is 0.416 e. The van der Waals surface area contributed by atoms with Crippen LogP contribution in [0, 0.1) is 5.92 Å². The van der Waals surface area contributed by atoms with Crippen LogP contribution in [0.15, 0.2) is 24.3 Å². The van der Waals surface area contributed by atoms with Gasteiger partial charge in [0.15, 0.2) is 0 Å². The first-order valence-electron chi connectivity index (χ1n) is 9.40. The van der Waals surface area contributed by atoms with Crippen molar-refractivity contribution in [3.05, 3.63) is 35.4 Å². The molecule has 0 spiro atoms. The molecule has 1 heterocycles. The molecule has 1 aromatic rings. The maximum atomic E-state index is 12.9. The van der Waals surface area contributed by atoms with Crippen molar-refractivity contribution in [2.75, 3.05) is 13.1 Å². The van der Waals surface area contributed by atoms with E-state index in [2.05, 4.69) is 4.90 Å². The number of amides is 1. The van der Waals surface area contributed by atoms with Gasteiger partial charge in [-0.2, -0.15) is 13.2 Å². The van der Waals surface area contributed by atoms with E-state index in [1.165, 1.54) is 0 Å². The Bertz CT molecular complexity index is 678. The van der Waals surface area contributed by atoms with Gasteiger partial charge in [0, 0.05) is 19.1 Å². The van der Waals surface area contributed by atoms with Crippen LogP contribution in [0.25, 0.3) is 0 Å². The van der Waals surface area contributed by atoms with Gasteiger partial charge in [-0.15, -0.1) is 0 Å². The van der Waals surface area contributed by atoms with E-state index in [4.69, 9.17) is 4.74 Å². The normalized spacial score (nSPS) is 22.8. The van der Waals surface area contributed by atoms with E-state index >= 15 is 0 Å². The van der Waals surface area contributed by atoms with Crippen molar-refractivity contribution in [1.29, 1.82) is 0 Å². The Morgan fingerprint density at radius 1 is 1.11 bits per heavy atom. The van der Waals surface area contributed by atoms with Crippen LogP contribution in [-0.2, 0) is 10.9 Å². The van der Waals surface area contributed by atoms with Gasteiger partial charge in [0.25, 0.3) is 0 Å². The number of alkyl halides is 3. The molecule has 2 atom stereocenters. The van der Waals surface area contributed by atoms with Crippen molar-refractivity contribution in [3.63, 3.8) is 0 Å². The number of benzene rings is 1. The maximum absolute atomic E-state index is 12.9. The highest BCUT2D eigenvalue weighted by Gasteiger charge is 2.44. The summed E-state index contributed by atoms with van der Waals surface area (Å²) in [5, 5.41) is 0. The van der Waals surface area contributed by atoms with E-state index in [1.54, 1.807) is 17.0 Å². The quantitative estimate of drug-likeness (QED) is 0.731. The number of hydrogen-bond acceptors (Lipinski definition) is 3. The van der Waals surface area contributed by atoms with E-state index in [9.17, 15) is 18.0 Å². The number of nitrogens with zero attached hydrogens (tertiary/aromatic N) is 2. The molecule has 0 radical (unpaired) electrons. The zero-order chi connectivity index (χ0) is 20.0. The molecule has 7 heteroatoms. The van der Waals surface area contributed by atoms with E-state index in [1.807, 2.05) is 27.7 Å². The lowest BCUT2D eigenvalue weighted by Gasteiger charge is -2.34. The third-order valence-corrected chi connectivity index (χ3v) is 5.16. The van der Waals surface area contributed by atoms with Gasteiger partial charge < -0.3 is 4.74 Å². The zero-order valence-corrected chi connectivity index (χ0v) is 16.2. The van der Waals surface area contributed by atoms with Crippen molar-refractivity contribution in [3.8, 4) is 0 Å². The molecule has 27 heavy (non-hydrogen) atoms. The molecule has 2 aliphatic rings. The van der Waals surface area contributed by atoms with Crippen LogP contribution in [0.1, 0.15) is 57.7 Å². The van der Waals surface area contributed by atoms with Gasteiger partial charge >= 0.3 is 12.3 Å². The van der Waals surface area contributed by atoms with E-state index < -0.39 is 17.3 Å². The summed E-state index contributed by atoms with van der Waals surface area (Å²) in [5.41, 5.74) is -0.317. The minimum atomic E-state index is -4.33. The Labute approximate surface area is 158 Å². The fourth-order valence-corrected chi connectivity index (χ4v) is 3.73. The molecule has 0 bridgehead atoms. The summed E-state index contributed by atoms with van der Waals surface area (Å²) in [5.74, 6) is 0.419. The molecular formula is C20H27F3N2O2. The smallest absolute Gasteiger partial charge is 0.416 e. The second-order valence-electron chi connectivity index (χ2n) is 8.45. The first-order valence-corrected chi connectivity index (χ1v) is 9.40. The van der Waals surface area contributed by atoms with Crippen LogP contribution < -0.4 is 0 Å². The molecule has 1 amide bonds. The molecule has 1 aliphatic carbocycles. The van der Waals surface area contributed by atoms with Gasteiger partial charge in [-0.25, -0.2) is 4.79 Å². The fourth-order valence-electron chi connectivity index (χ4n) is 3.73. The first kappa shape index (κ1) is 20.0. The third-order valence-electron chi connectivity index (χ3n) is 5.16. The summed E-state index contributed by atoms with van der Waals surface area (Å²) >= 11 is 0. The number of rotatable bonds is 3. The van der Waals surface area contributed by atoms with Gasteiger partial charge in [-0.3, -0.25) is 9.80 Å². The van der Waals surface area contributed by atoms with Gasteiger partial charge in [0.1, 0.15) is 5.60 Å². The highest BCUT2D eigenvalue weighted by molar-refractivity contribution is 5.68. The molecule has 150 valence electrons. The standard InChI is InChI=1S/C20H27F3N2O2/c1-13-24(11-12-25(13)18(26)27-19(2,3)4)17(14-5-6-14)15-7-9-16(10-8-15)20(21,22)23/h7-10,13-14,17H,5-6,11-12H2,1-4H3/t13-,17?/m1/s1. The van der Waals surface area contributed by atoms with Crippen LogP contribution >= 0.6 is 0 Å². The largest absolute Gasteiger partial charge is 0.444 e. The van der Waals surface area contributed by atoms with E-state index in [-0.39, 0.29) is 18.3 Å². The Hall–Kier alpha value is -1.76. The lowest BCUT2D eigenvalue weighted by molar-refractivity contribution is -0.137. The van der Waals surface area contributed by atoms with Gasteiger partial charge in [0.2, 0.25) is 0 Å². The van der Waals surface area contributed by atoms with E-state index in [0.29, 0.717) is 19.0 Å². The predicted molar refractivity (Wildman–Crippen MR) is 96.0 cm³/mol. The summed E-state index contributed by atoms with van der Waals surface area (Å²) in [6, 6.07) is 5.48. The Kier molecular flexibility index (Phi) is 5.18. The topological polar surface area (TPSA) is 32.8 Å². The van der Waals surface area contributed by atoms with Crippen LogP contribution in [-0.4, -0.2) is 40.7 Å². The lowest BCUT2D eigenvalue weighted by atomic mass is 9.99.